The Kier molecular flexibility index (Phi) is 4.82. The van der Waals surface area contributed by atoms with Crippen molar-refractivity contribution in [1.29, 1.82) is 0 Å². The Morgan fingerprint density at radius 3 is 2.50 bits per heavy atom. The highest BCUT2D eigenvalue weighted by molar-refractivity contribution is 7.89. The summed E-state index contributed by atoms with van der Waals surface area (Å²) < 4.78 is 31.2. The van der Waals surface area contributed by atoms with E-state index >= 15 is 0 Å². The number of ether oxygens (including phenoxy) is 1. The van der Waals surface area contributed by atoms with Crippen molar-refractivity contribution in [3.05, 3.63) is 24.3 Å². The highest BCUT2D eigenvalue weighted by atomic mass is 32.2. The molecule has 1 saturated heterocycles. The highest BCUT2D eigenvalue weighted by Gasteiger charge is 2.34. The first-order chi connectivity index (χ1) is 10.4. The Balaban J connectivity index is 2.25. The maximum atomic E-state index is 12.6. The zero-order valence-electron chi connectivity index (χ0n) is 12.2. The summed E-state index contributed by atoms with van der Waals surface area (Å²) >= 11 is 0. The van der Waals surface area contributed by atoms with Crippen LogP contribution in [0.25, 0.3) is 0 Å². The average Bonchev–Trinajstić information content (AvgIpc) is 2.69. The minimum Gasteiger partial charge on any atom is -0.497 e. The molecule has 0 bridgehead atoms. The number of methoxy groups -OCH3 is 1. The molecule has 2 N–H and O–H groups in total. The van der Waals surface area contributed by atoms with Crippen LogP contribution in [0.15, 0.2) is 29.2 Å². The first-order valence-electron chi connectivity index (χ1n) is 6.82. The molecule has 1 aliphatic rings. The lowest BCUT2D eigenvalue weighted by atomic mass is 9.99. The number of sulfonamides is 1. The van der Waals surface area contributed by atoms with Gasteiger partial charge in [-0.3, -0.25) is 9.59 Å². The van der Waals surface area contributed by atoms with E-state index in [0.717, 1.165) is 4.31 Å². The average molecular weight is 326 g/mol. The van der Waals surface area contributed by atoms with E-state index in [0.29, 0.717) is 12.2 Å². The number of ketones is 1. The van der Waals surface area contributed by atoms with Crippen LogP contribution in [0.1, 0.15) is 12.8 Å². The highest BCUT2D eigenvalue weighted by Crippen LogP contribution is 2.23. The molecule has 8 heteroatoms. The molecule has 7 nitrogen and oxygen atoms in total. The lowest BCUT2D eigenvalue weighted by Crippen LogP contribution is -2.38. The largest absolute Gasteiger partial charge is 0.497 e. The summed E-state index contributed by atoms with van der Waals surface area (Å²) in [4.78, 5) is 23.3. The van der Waals surface area contributed by atoms with E-state index in [1.165, 1.54) is 19.2 Å². The molecule has 120 valence electrons. The minimum absolute atomic E-state index is 0.0821. The summed E-state index contributed by atoms with van der Waals surface area (Å²) in [5.74, 6) is -1.52. The number of nitrogens with zero attached hydrogens (tertiary/aromatic N) is 1. The van der Waals surface area contributed by atoms with Gasteiger partial charge in [0.05, 0.1) is 24.5 Å². The van der Waals surface area contributed by atoms with Gasteiger partial charge in [-0.15, -0.1) is 0 Å². The smallest absolute Gasteiger partial charge is 0.243 e. The third kappa shape index (κ3) is 3.28. The van der Waals surface area contributed by atoms with E-state index in [-0.39, 0.29) is 24.4 Å². The SMILES string of the molecule is COc1ccc(S(=O)(=O)N2CCCC(C(N)=O)C(=O)C2)cc1. The zero-order valence-corrected chi connectivity index (χ0v) is 13.0. The first-order valence-corrected chi connectivity index (χ1v) is 8.26. The quantitative estimate of drug-likeness (QED) is 0.793. The van der Waals surface area contributed by atoms with E-state index in [1.807, 2.05) is 0 Å². The third-order valence-corrected chi connectivity index (χ3v) is 5.52. The van der Waals surface area contributed by atoms with Crippen LogP contribution in [0.3, 0.4) is 0 Å². The molecule has 0 aliphatic carbocycles. The summed E-state index contributed by atoms with van der Waals surface area (Å²) in [6.45, 7) is -0.147. The summed E-state index contributed by atoms with van der Waals surface area (Å²) in [7, 11) is -2.30. The van der Waals surface area contributed by atoms with Gasteiger partial charge in [0, 0.05) is 6.54 Å². The molecule has 0 aromatic heterocycles. The third-order valence-electron chi connectivity index (χ3n) is 3.66. The number of benzene rings is 1. The van der Waals surface area contributed by atoms with Crippen molar-refractivity contribution < 1.29 is 22.7 Å². The van der Waals surface area contributed by atoms with Crippen molar-refractivity contribution in [3.8, 4) is 5.75 Å². The van der Waals surface area contributed by atoms with E-state index in [2.05, 4.69) is 0 Å². The van der Waals surface area contributed by atoms with Crippen molar-refractivity contribution in [2.45, 2.75) is 17.7 Å². The van der Waals surface area contributed by atoms with Gasteiger partial charge in [0.15, 0.2) is 5.78 Å². The van der Waals surface area contributed by atoms with Crippen molar-refractivity contribution >= 4 is 21.7 Å². The van der Waals surface area contributed by atoms with Crippen LogP contribution in [0.4, 0.5) is 0 Å². The lowest BCUT2D eigenvalue weighted by molar-refractivity contribution is -0.131. The zero-order chi connectivity index (χ0) is 16.3. The van der Waals surface area contributed by atoms with E-state index in [1.54, 1.807) is 12.1 Å². The minimum atomic E-state index is -3.79. The van der Waals surface area contributed by atoms with Crippen LogP contribution in [-0.4, -0.2) is 44.6 Å². The Morgan fingerprint density at radius 1 is 1.32 bits per heavy atom. The van der Waals surface area contributed by atoms with Gasteiger partial charge in [0.25, 0.3) is 0 Å². The van der Waals surface area contributed by atoms with Crippen molar-refractivity contribution in [2.75, 3.05) is 20.2 Å². The summed E-state index contributed by atoms with van der Waals surface area (Å²) in [5, 5.41) is 0. The molecule has 1 unspecified atom stereocenters. The fraction of sp³-hybridized carbons (Fsp3) is 0.429. The van der Waals surface area contributed by atoms with Crippen LogP contribution < -0.4 is 10.5 Å². The summed E-state index contributed by atoms with van der Waals surface area (Å²) in [6, 6.07) is 5.93. The van der Waals surface area contributed by atoms with Crippen molar-refractivity contribution in [3.63, 3.8) is 0 Å². The Hall–Kier alpha value is -1.93. The van der Waals surface area contributed by atoms with Gasteiger partial charge in [-0.25, -0.2) is 8.42 Å². The van der Waals surface area contributed by atoms with E-state index in [4.69, 9.17) is 10.5 Å². The molecule has 1 aliphatic heterocycles. The monoisotopic (exact) mass is 326 g/mol. The van der Waals surface area contributed by atoms with Gasteiger partial charge in [-0.1, -0.05) is 0 Å². The summed E-state index contributed by atoms with van der Waals surface area (Å²) in [5.41, 5.74) is 5.18. The van der Waals surface area contributed by atoms with Gasteiger partial charge in [0.2, 0.25) is 15.9 Å². The van der Waals surface area contributed by atoms with E-state index in [9.17, 15) is 18.0 Å². The van der Waals surface area contributed by atoms with Crippen molar-refractivity contribution in [2.24, 2.45) is 11.7 Å². The molecule has 0 radical (unpaired) electrons. The molecule has 1 fully saturated rings. The molecular formula is C14H18N2O5S. The number of amides is 1. The van der Waals surface area contributed by atoms with Crippen molar-refractivity contribution in [1.82, 2.24) is 4.31 Å². The van der Waals surface area contributed by atoms with Crippen LogP contribution in [-0.2, 0) is 19.6 Å². The summed E-state index contributed by atoms with van der Waals surface area (Å²) in [6.07, 6.45) is 0.692. The molecule has 22 heavy (non-hydrogen) atoms. The molecular weight excluding hydrogens is 308 g/mol. The topological polar surface area (TPSA) is 107 Å². The van der Waals surface area contributed by atoms with Gasteiger partial charge < -0.3 is 10.5 Å². The number of nitrogens with two attached hydrogens (primary N) is 1. The number of carbonyl (C=O) groups is 2. The number of Topliss-reactive ketones (excluding diaryl/α,β-unsaturated/α-hetero) is 1. The number of hydrogen-bond donors (Lipinski definition) is 1. The number of carbonyl (C=O) groups excluding carboxylic acids is 2. The van der Waals surface area contributed by atoms with Gasteiger partial charge in [-0.05, 0) is 37.1 Å². The van der Waals surface area contributed by atoms with Crippen LogP contribution in [0.2, 0.25) is 0 Å². The van der Waals surface area contributed by atoms with Gasteiger partial charge in [-0.2, -0.15) is 4.31 Å². The predicted octanol–water partition coefficient (Wildman–Crippen LogP) is 0.150. The molecule has 1 amide bonds. The fourth-order valence-corrected chi connectivity index (χ4v) is 3.84. The van der Waals surface area contributed by atoms with Crippen LogP contribution in [0, 0.1) is 5.92 Å². The molecule has 1 aromatic carbocycles. The van der Waals surface area contributed by atoms with Crippen LogP contribution in [0.5, 0.6) is 5.75 Å². The predicted molar refractivity (Wildman–Crippen MR) is 78.7 cm³/mol. The molecule has 1 atom stereocenters. The second-order valence-electron chi connectivity index (χ2n) is 5.08. The van der Waals surface area contributed by atoms with E-state index < -0.39 is 27.6 Å². The maximum absolute atomic E-state index is 12.6. The molecule has 0 saturated carbocycles. The lowest BCUT2D eigenvalue weighted by Gasteiger charge is -2.19. The number of hydrogen-bond acceptors (Lipinski definition) is 5. The second-order valence-corrected chi connectivity index (χ2v) is 7.02. The standard InChI is InChI=1S/C14H18N2O5S/c1-21-10-4-6-11(7-5-10)22(19,20)16-8-2-3-12(14(15)18)13(17)9-16/h4-7,12H,2-3,8-9H2,1H3,(H2,15,18). The Morgan fingerprint density at radius 2 is 1.95 bits per heavy atom. The maximum Gasteiger partial charge on any atom is 0.243 e. The second kappa shape index (κ2) is 6.45. The van der Waals surface area contributed by atoms with Gasteiger partial charge in [0.1, 0.15) is 5.75 Å². The number of primary amides is 1. The van der Waals surface area contributed by atoms with Gasteiger partial charge >= 0.3 is 0 Å². The first kappa shape index (κ1) is 16.4. The number of rotatable bonds is 4. The molecule has 0 spiro atoms. The molecule has 2 rings (SSSR count). The fourth-order valence-electron chi connectivity index (χ4n) is 2.40. The molecule has 1 aromatic rings. The Labute approximate surface area is 129 Å². The molecule has 1 heterocycles. The normalized spacial score (nSPS) is 20.4. The Bertz CT molecular complexity index is 669. The van der Waals surface area contributed by atoms with Crippen LogP contribution >= 0.6 is 0 Å².